The molecule has 0 spiro atoms. The van der Waals surface area contributed by atoms with Gasteiger partial charge >= 0.3 is 0 Å². The fourth-order valence-electron chi connectivity index (χ4n) is 1.82. The highest BCUT2D eigenvalue weighted by Crippen LogP contribution is 2.21. The summed E-state index contributed by atoms with van der Waals surface area (Å²) in [6.07, 6.45) is 1.67. The van der Waals surface area contributed by atoms with Crippen LogP contribution in [-0.2, 0) is 0 Å². The van der Waals surface area contributed by atoms with Crippen LogP contribution in [-0.4, -0.2) is 32.7 Å². The van der Waals surface area contributed by atoms with Crippen LogP contribution >= 0.6 is 0 Å². The molecule has 0 aliphatic heterocycles. The summed E-state index contributed by atoms with van der Waals surface area (Å²) in [4.78, 5) is 20.1. The smallest absolute Gasteiger partial charge is 0.269 e. The van der Waals surface area contributed by atoms with Crippen LogP contribution in [0.3, 0.4) is 0 Å². The lowest BCUT2D eigenvalue weighted by Gasteiger charge is -2.13. The van der Waals surface area contributed by atoms with Crippen molar-refractivity contribution in [2.75, 3.05) is 12.4 Å². The van der Waals surface area contributed by atoms with E-state index in [1.165, 1.54) is 0 Å². The van der Waals surface area contributed by atoms with E-state index in [2.05, 4.69) is 20.4 Å². The molecule has 2 aromatic rings. The van der Waals surface area contributed by atoms with Gasteiger partial charge < -0.3 is 11.1 Å². The molecule has 0 atom stereocenters. The largest absolute Gasteiger partial charge is 0.373 e. The minimum atomic E-state index is -0.562. The average molecular weight is 274 g/mol. The molecule has 0 aromatic carbocycles. The van der Waals surface area contributed by atoms with Crippen molar-refractivity contribution in [1.82, 2.24) is 19.7 Å². The Morgan fingerprint density at radius 1 is 1.40 bits per heavy atom. The lowest BCUT2D eigenvalue weighted by atomic mass is 10.2. The van der Waals surface area contributed by atoms with Crippen molar-refractivity contribution in [1.29, 1.82) is 0 Å². The molecule has 0 bridgehead atoms. The Morgan fingerprint density at radius 3 is 2.60 bits per heavy atom. The van der Waals surface area contributed by atoms with E-state index in [1.807, 2.05) is 20.8 Å². The molecule has 106 valence electrons. The van der Waals surface area contributed by atoms with Crippen molar-refractivity contribution in [2.24, 2.45) is 5.73 Å². The molecule has 0 saturated heterocycles. The molecule has 0 aliphatic carbocycles. The molecular weight excluding hydrogens is 256 g/mol. The number of nitrogens with two attached hydrogens (primary N) is 1. The quantitative estimate of drug-likeness (QED) is 0.873. The number of hydrogen-bond donors (Lipinski definition) is 2. The Morgan fingerprint density at radius 2 is 2.10 bits per heavy atom. The van der Waals surface area contributed by atoms with E-state index < -0.39 is 5.91 Å². The summed E-state index contributed by atoms with van der Waals surface area (Å²) in [7, 11) is 1.81. The number of nitrogens with zero attached hydrogens (tertiary/aromatic N) is 4. The zero-order valence-electron chi connectivity index (χ0n) is 12.0. The predicted molar refractivity (Wildman–Crippen MR) is 76.0 cm³/mol. The number of carbonyl (C=O) groups excluding carboxylic acids is 1. The maximum atomic E-state index is 11.1. The lowest BCUT2D eigenvalue weighted by molar-refractivity contribution is 0.0995. The van der Waals surface area contributed by atoms with Gasteiger partial charge in [-0.3, -0.25) is 4.79 Å². The van der Waals surface area contributed by atoms with Gasteiger partial charge in [0.05, 0.1) is 0 Å². The molecule has 0 aliphatic rings. The molecule has 7 heteroatoms. The van der Waals surface area contributed by atoms with Crippen LogP contribution < -0.4 is 11.1 Å². The maximum Gasteiger partial charge on any atom is 0.269 e. The number of carbonyl (C=O) groups is 1. The Bertz CT molecular complexity index is 646. The van der Waals surface area contributed by atoms with E-state index in [1.54, 1.807) is 24.0 Å². The van der Waals surface area contributed by atoms with Crippen LogP contribution in [0.15, 0.2) is 12.3 Å². The lowest BCUT2D eigenvalue weighted by Crippen LogP contribution is -2.14. The molecule has 0 saturated carbocycles. The molecule has 0 radical (unpaired) electrons. The van der Waals surface area contributed by atoms with Gasteiger partial charge in [-0.25, -0.2) is 14.6 Å². The highest BCUT2D eigenvalue weighted by atomic mass is 16.1. The van der Waals surface area contributed by atoms with Crippen LogP contribution in [0.25, 0.3) is 5.82 Å². The van der Waals surface area contributed by atoms with E-state index in [0.717, 1.165) is 11.4 Å². The first-order valence-electron chi connectivity index (χ1n) is 6.36. The Kier molecular flexibility index (Phi) is 3.69. The minimum absolute atomic E-state index is 0.188. The van der Waals surface area contributed by atoms with E-state index in [-0.39, 0.29) is 11.6 Å². The average Bonchev–Trinajstić information content (AvgIpc) is 2.88. The number of anilines is 1. The second kappa shape index (κ2) is 5.28. The van der Waals surface area contributed by atoms with Gasteiger partial charge in [0.1, 0.15) is 17.3 Å². The van der Waals surface area contributed by atoms with Gasteiger partial charge in [-0.15, -0.1) is 0 Å². The number of amides is 1. The van der Waals surface area contributed by atoms with Crippen molar-refractivity contribution >= 4 is 11.7 Å². The van der Waals surface area contributed by atoms with Crippen LogP contribution in [0.5, 0.6) is 0 Å². The summed E-state index contributed by atoms with van der Waals surface area (Å²) >= 11 is 0. The number of rotatable bonds is 4. The predicted octanol–water partition coefficient (Wildman–Crippen LogP) is 1.23. The van der Waals surface area contributed by atoms with Crippen LogP contribution in [0.1, 0.15) is 41.6 Å². The zero-order chi connectivity index (χ0) is 14.9. The number of nitrogens with one attached hydrogen (secondary N) is 1. The molecule has 0 fully saturated rings. The van der Waals surface area contributed by atoms with Crippen molar-refractivity contribution in [3.8, 4) is 5.82 Å². The van der Waals surface area contributed by atoms with Crippen molar-refractivity contribution in [2.45, 2.75) is 26.7 Å². The van der Waals surface area contributed by atoms with Crippen molar-refractivity contribution in [3.05, 3.63) is 29.3 Å². The molecule has 0 unspecified atom stereocenters. The summed E-state index contributed by atoms with van der Waals surface area (Å²) < 4.78 is 1.55. The van der Waals surface area contributed by atoms with Gasteiger partial charge in [-0.05, 0) is 13.0 Å². The standard InChI is InChI=1S/C13H18N6O/c1-7(2)11-16-12(15-4)8(3)13(17-11)19-6-5-9(18-19)10(14)20/h5-7H,1-4H3,(H2,14,20)(H,15,16,17). The van der Waals surface area contributed by atoms with Gasteiger partial charge in [-0.2, -0.15) is 5.10 Å². The molecule has 2 heterocycles. The molecule has 2 rings (SSSR count). The van der Waals surface area contributed by atoms with Gasteiger partial charge in [0.25, 0.3) is 5.91 Å². The fraction of sp³-hybridized carbons (Fsp3) is 0.385. The monoisotopic (exact) mass is 274 g/mol. The third-order valence-corrected chi connectivity index (χ3v) is 2.95. The number of aromatic nitrogens is 4. The van der Waals surface area contributed by atoms with Gasteiger partial charge in [-0.1, -0.05) is 13.8 Å². The first-order chi connectivity index (χ1) is 9.43. The molecule has 3 N–H and O–H groups in total. The normalized spacial score (nSPS) is 10.8. The van der Waals surface area contributed by atoms with Gasteiger partial charge in [0.2, 0.25) is 0 Å². The third kappa shape index (κ3) is 2.47. The summed E-state index contributed by atoms with van der Waals surface area (Å²) in [5.41, 5.74) is 6.28. The molecular formula is C13H18N6O. The molecule has 1 amide bonds. The number of primary amides is 1. The second-order valence-corrected chi connectivity index (χ2v) is 4.79. The summed E-state index contributed by atoms with van der Waals surface area (Å²) in [6, 6.07) is 1.57. The summed E-state index contributed by atoms with van der Waals surface area (Å²) in [6.45, 7) is 5.94. The van der Waals surface area contributed by atoms with Crippen LogP contribution in [0.2, 0.25) is 0 Å². The minimum Gasteiger partial charge on any atom is -0.373 e. The van der Waals surface area contributed by atoms with Crippen LogP contribution in [0, 0.1) is 6.92 Å². The fourth-order valence-corrected chi connectivity index (χ4v) is 1.82. The second-order valence-electron chi connectivity index (χ2n) is 4.79. The van der Waals surface area contributed by atoms with Gasteiger partial charge in [0, 0.05) is 24.7 Å². The van der Waals surface area contributed by atoms with Crippen LogP contribution in [0.4, 0.5) is 5.82 Å². The van der Waals surface area contributed by atoms with Gasteiger partial charge in [0.15, 0.2) is 5.82 Å². The van der Waals surface area contributed by atoms with E-state index in [0.29, 0.717) is 11.6 Å². The summed E-state index contributed by atoms with van der Waals surface area (Å²) in [5, 5.41) is 7.19. The Balaban J connectivity index is 2.59. The van der Waals surface area contributed by atoms with E-state index >= 15 is 0 Å². The highest BCUT2D eigenvalue weighted by Gasteiger charge is 2.15. The third-order valence-electron chi connectivity index (χ3n) is 2.95. The zero-order valence-corrected chi connectivity index (χ0v) is 12.0. The summed E-state index contributed by atoms with van der Waals surface area (Å²) in [5.74, 6) is 1.72. The first-order valence-corrected chi connectivity index (χ1v) is 6.36. The topological polar surface area (TPSA) is 98.7 Å². The Hall–Kier alpha value is -2.44. The Labute approximate surface area is 117 Å². The van der Waals surface area contributed by atoms with Crippen molar-refractivity contribution in [3.63, 3.8) is 0 Å². The van der Waals surface area contributed by atoms with E-state index in [4.69, 9.17) is 5.73 Å². The highest BCUT2D eigenvalue weighted by molar-refractivity contribution is 5.90. The molecule has 2 aromatic heterocycles. The molecule has 20 heavy (non-hydrogen) atoms. The number of hydrogen-bond acceptors (Lipinski definition) is 5. The van der Waals surface area contributed by atoms with E-state index in [9.17, 15) is 4.79 Å². The van der Waals surface area contributed by atoms with Crippen molar-refractivity contribution < 1.29 is 4.79 Å². The first kappa shape index (κ1) is 14.0. The maximum absolute atomic E-state index is 11.1. The SMILES string of the molecule is CNc1nc(C(C)C)nc(-n2ccc(C(N)=O)n2)c1C. The molecule has 7 nitrogen and oxygen atoms in total.